The van der Waals surface area contributed by atoms with E-state index in [1.807, 2.05) is 30.6 Å². The highest BCUT2D eigenvalue weighted by atomic mass is 16.5. The average Bonchev–Trinajstić information content (AvgIpc) is 3.16. The lowest BCUT2D eigenvalue weighted by Crippen LogP contribution is -2.11. The number of nitrogens with zero attached hydrogens (tertiary/aromatic N) is 2. The monoisotopic (exact) mass is 366 g/mol. The van der Waals surface area contributed by atoms with Crippen LogP contribution in [-0.2, 0) is 13.0 Å². The summed E-state index contributed by atoms with van der Waals surface area (Å²) < 4.78 is 24.0. The molecule has 0 N–H and O–H groups in total. The summed E-state index contributed by atoms with van der Waals surface area (Å²) in [6.45, 7) is 0.873. The van der Waals surface area contributed by atoms with Gasteiger partial charge in [-0.3, -0.25) is 0 Å². The van der Waals surface area contributed by atoms with Crippen molar-refractivity contribution >= 4 is 0 Å². The highest BCUT2D eigenvalue weighted by Gasteiger charge is 2.24. The molecule has 27 heavy (non-hydrogen) atoms. The molecule has 1 aromatic heterocycles. The molecule has 6 nitrogen and oxygen atoms in total. The highest BCUT2D eigenvalue weighted by molar-refractivity contribution is 5.83. The molecular weight excluding hydrogens is 344 g/mol. The Balaban J connectivity index is 1.89. The first-order valence-corrected chi connectivity index (χ1v) is 8.73. The molecule has 0 amide bonds. The molecule has 0 fully saturated rings. The topological polar surface area (TPSA) is 54.7 Å². The molecule has 0 saturated carbocycles. The van der Waals surface area contributed by atoms with Gasteiger partial charge >= 0.3 is 0 Å². The molecule has 0 aliphatic carbocycles. The fraction of sp³-hybridized carbons (Fsp3) is 0.286. The van der Waals surface area contributed by atoms with Gasteiger partial charge in [0.15, 0.2) is 23.0 Å². The molecule has 3 aromatic rings. The summed E-state index contributed by atoms with van der Waals surface area (Å²) in [5, 5.41) is 0. The predicted octanol–water partition coefficient (Wildman–Crippen LogP) is 3.81. The number of aromatic nitrogens is 2. The molecule has 1 aliphatic rings. The Kier molecular flexibility index (Phi) is 4.39. The van der Waals surface area contributed by atoms with Crippen LogP contribution in [0.2, 0.25) is 0 Å². The third-order valence-corrected chi connectivity index (χ3v) is 4.98. The van der Waals surface area contributed by atoms with E-state index in [1.54, 1.807) is 28.4 Å². The van der Waals surface area contributed by atoms with Crippen molar-refractivity contribution in [3.8, 4) is 45.5 Å². The van der Waals surface area contributed by atoms with Crippen molar-refractivity contribution in [2.24, 2.45) is 0 Å². The summed E-state index contributed by atoms with van der Waals surface area (Å²) in [4.78, 5) is 4.69. The first-order valence-electron chi connectivity index (χ1n) is 8.73. The van der Waals surface area contributed by atoms with Gasteiger partial charge in [-0.2, -0.15) is 0 Å². The van der Waals surface area contributed by atoms with Gasteiger partial charge in [-0.15, -0.1) is 0 Å². The van der Waals surface area contributed by atoms with Crippen LogP contribution in [0.4, 0.5) is 0 Å². The van der Waals surface area contributed by atoms with Gasteiger partial charge in [0, 0.05) is 17.7 Å². The van der Waals surface area contributed by atoms with Crippen molar-refractivity contribution in [3.05, 3.63) is 42.2 Å². The van der Waals surface area contributed by atoms with E-state index in [9.17, 15) is 0 Å². The minimum atomic E-state index is 0.681. The number of aryl methyl sites for hydroxylation is 2. The SMILES string of the molecule is COc1ccc(-c2ncn3c2-c2cc(OC)c(OC)cc2CC3)cc1OC. The summed E-state index contributed by atoms with van der Waals surface area (Å²) in [7, 11) is 6.58. The maximum atomic E-state index is 5.52. The fourth-order valence-corrected chi connectivity index (χ4v) is 3.62. The molecule has 0 radical (unpaired) electrons. The van der Waals surface area contributed by atoms with Crippen molar-refractivity contribution in [1.82, 2.24) is 9.55 Å². The molecule has 0 atom stereocenters. The number of ether oxygens (including phenoxy) is 4. The van der Waals surface area contributed by atoms with Gasteiger partial charge in [-0.1, -0.05) is 0 Å². The van der Waals surface area contributed by atoms with E-state index >= 15 is 0 Å². The summed E-state index contributed by atoms with van der Waals surface area (Å²) in [6, 6.07) is 9.95. The van der Waals surface area contributed by atoms with Crippen LogP contribution < -0.4 is 18.9 Å². The van der Waals surface area contributed by atoms with Gasteiger partial charge in [-0.05, 0) is 42.3 Å². The standard InChI is InChI=1S/C21H22N2O4/c1-24-16-6-5-14(10-17(16)25-2)20-21-15-11-19(27-4)18(26-3)9-13(15)7-8-23(21)12-22-20/h5-6,9-12H,7-8H2,1-4H3. The maximum Gasteiger partial charge on any atom is 0.161 e. The van der Waals surface area contributed by atoms with E-state index in [1.165, 1.54) is 5.56 Å². The molecule has 2 aromatic carbocycles. The van der Waals surface area contributed by atoms with Gasteiger partial charge in [-0.25, -0.2) is 4.98 Å². The Bertz CT molecular complexity index is 994. The van der Waals surface area contributed by atoms with Gasteiger partial charge < -0.3 is 23.5 Å². The third-order valence-electron chi connectivity index (χ3n) is 4.98. The fourth-order valence-electron chi connectivity index (χ4n) is 3.62. The number of hydrogen-bond acceptors (Lipinski definition) is 5. The van der Waals surface area contributed by atoms with Crippen LogP contribution in [0.5, 0.6) is 23.0 Å². The van der Waals surface area contributed by atoms with E-state index in [2.05, 4.69) is 10.6 Å². The van der Waals surface area contributed by atoms with Crippen LogP contribution >= 0.6 is 0 Å². The summed E-state index contributed by atoms with van der Waals surface area (Å²) in [5.41, 5.74) is 5.29. The molecule has 1 aliphatic heterocycles. The minimum Gasteiger partial charge on any atom is -0.493 e. The van der Waals surface area contributed by atoms with Crippen LogP contribution in [0.15, 0.2) is 36.7 Å². The van der Waals surface area contributed by atoms with Crippen LogP contribution in [-0.4, -0.2) is 38.0 Å². The smallest absolute Gasteiger partial charge is 0.161 e. The number of methoxy groups -OCH3 is 4. The largest absolute Gasteiger partial charge is 0.493 e. The highest BCUT2D eigenvalue weighted by Crippen LogP contribution is 2.43. The quantitative estimate of drug-likeness (QED) is 0.687. The van der Waals surface area contributed by atoms with Crippen molar-refractivity contribution in [2.45, 2.75) is 13.0 Å². The Morgan fingerprint density at radius 1 is 0.815 bits per heavy atom. The predicted molar refractivity (Wildman–Crippen MR) is 103 cm³/mol. The van der Waals surface area contributed by atoms with E-state index in [4.69, 9.17) is 23.9 Å². The number of hydrogen-bond donors (Lipinski definition) is 0. The van der Waals surface area contributed by atoms with E-state index in [0.717, 1.165) is 41.2 Å². The number of benzene rings is 2. The van der Waals surface area contributed by atoms with Crippen molar-refractivity contribution in [1.29, 1.82) is 0 Å². The first kappa shape index (κ1) is 17.3. The summed E-state index contributed by atoms with van der Waals surface area (Å²) in [5.74, 6) is 2.84. The molecular formula is C21H22N2O4. The van der Waals surface area contributed by atoms with Crippen LogP contribution in [0.1, 0.15) is 5.56 Å². The number of fused-ring (bicyclic) bond motifs is 3. The Morgan fingerprint density at radius 2 is 1.48 bits per heavy atom. The Morgan fingerprint density at radius 3 is 2.19 bits per heavy atom. The Hall–Kier alpha value is -3.15. The zero-order chi connectivity index (χ0) is 19.0. The van der Waals surface area contributed by atoms with Crippen molar-refractivity contribution in [2.75, 3.05) is 28.4 Å². The number of imidazole rings is 1. The van der Waals surface area contributed by atoms with Crippen molar-refractivity contribution in [3.63, 3.8) is 0 Å². The lowest BCUT2D eigenvalue weighted by molar-refractivity contribution is 0.354. The van der Waals surface area contributed by atoms with E-state index in [-0.39, 0.29) is 0 Å². The molecule has 0 bridgehead atoms. The van der Waals surface area contributed by atoms with Gasteiger partial charge in [0.2, 0.25) is 0 Å². The van der Waals surface area contributed by atoms with E-state index in [0.29, 0.717) is 17.2 Å². The second kappa shape index (κ2) is 6.87. The third kappa shape index (κ3) is 2.77. The molecule has 0 saturated heterocycles. The molecule has 4 rings (SSSR count). The molecule has 0 spiro atoms. The lowest BCUT2D eigenvalue weighted by Gasteiger charge is -2.22. The van der Waals surface area contributed by atoms with Crippen LogP contribution in [0.3, 0.4) is 0 Å². The lowest BCUT2D eigenvalue weighted by atomic mass is 9.94. The minimum absolute atomic E-state index is 0.681. The normalized spacial score (nSPS) is 12.1. The van der Waals surface area contributed by atoms with Crippen LogP contribution in [0, 0.1) is 0 Å². The van der Waals surface area contributed by atoms with Gasteiger partial charge in [0.25, 0.3) is 0 Å². The summed E-state index contributed by atoms with van der Waals surface area (Å²) in [6.07, 6.45) is 2.81. The summed E-state index contributed by atoms with van der Waals surface area (Å²) >= 11 is 0. The van der Waals surface area contributed by atoms with Crippen LogP contribution in [0.25, 0.3) is 22.5 Å². The Labute approximate surface area is 158 Å². The van der Waals surface area contributed by atoms with E-state index < -0.39 is 0 Å². The zero-order valence-corrected chi connectivity index (χ0v) is 15.9. The van der Waals surface area contributed by atoms with Gasteiger partial charge in [0.05, 0.1) is 46.2 Å². The zero-order valence-electron chi connectivity index (χ0n) is 15.9. The number of rotatable bonds is 5. The molecule has 0 unspecified atom stereocenters. The average molecular weight is 366 g/mol. The molecule has 6 heteroatoms. The van der Waals surface area contributed by atoms with Gasteiger partial charge in [0.1, 0.15) is 0 Å². The maximum absolute atomic E-state index is 5.52. The van der Waals surface area contributed by atoms with Crippen molar-refractivity contribution < 1.29 is 18.9 Å². The molecule has 2 heterocycles. The molecule has 140 valence electrons. The first-order chi connectivity index (χ1) is 13.2. The second-order valence-electron chi connectivity index (χ2n) is 6.32. The second-order valence-corrected chi connectivity index (χ2v) is 6.32.